The Morgan fingerprint density at radius 1 is 1.47 bits per heavy atom. The number of hydrogen-bond donors (Lipinski definition) is 1. The second-order valence-corrected chi connectivity index (χ2v) is 7.63. The first-order chi connectivity index (χ1) is 8.67. The van der Waals surface area contributed by atoms with Crippen LogP contribution in [-0.2, 0) is 9.53 Å². The minimum atomic E-state index is -0.455. The number of aliphatic hydroxyl groups is 1. The number of esters is 1. The third-order valence-corrected chi connectivity index (χ3v) is 4.93. The highest BCUT2D eigenvalue weighted by Crippen LogP contribution is 2.61. The van der Waals surface area contributed by atoms with Crippen LogP contribution in [0.2, 0.25) is 0 Å². The number of carbonyl (C=O) groups excluding carboxylic acids is 1. The maximum atomic E-state index is 11.8. The highest BCUT2D eigenvalue weighted by atomic mass is 16.5. The van der Waals surface area contributed by atoms with Gasteiger partial charge < -0.3 is 9.84 Å². The Morgan fingerprint density at radius 2 is 2.11 bits per heavy atom. The van der Waals surface area contributed by atoms with Gasteiger partial charge in [0.1, 0.15) is 6.61 Å². The van der Waals surface area contributed by atoms with Gasteiger partial charge in [-0.3, -0.25) is 4.79 Å². The third-order valence-electron chi connectivity index (χ3n) is 4.93. The van der Waals surface area contributed by atoms with Crippen LogP contribution in [0, 0.1) is 28.6 Å². The molecule has 0 heterocycles. The molecule has 3 aliphatic rings. The fourth-order valence-electron chi connectivity index (χ4n) is 3.52. The van der Waals surface area contributed by atoms with Crippen LogP contribution in [0.5, 0.6) is 0 Å². The molecule has 0 amide bonds. The van der Waals surface area contributed by atoms with Crippen molar-refractivity contribution in [3.05, 3.63) is 11.6 Å². The molecule has 3 atom stereocenters. The number of fused-ring (bicyclic) bond motifs is 1. The van der Waals surface area contributed by atoms with E-state index in [0.717, 1.165) is 6.42 Å². The van der Waals surface area contributed by atoms with Crippen LogP contribution in [0.3, 0.4) is 0 Å². The highest BCUT2D eigenvalue weighted by molar-refractivity contribution is 5.75. The minimum absolute atomic E-state index is 0.159. The van der Waals surface area contributed by atoms with E-state index >= 15 is 0 Å². The van der Waals surface area contributed by atoms with E-state index in [1.54, 1.807) is 0 Å². The van der Waals surface area contributed by atoms with Gasteiger partial charge in [-0.1, -0.05) is 19.9 Å². The molecule has 0 radical (unpaired) electrons. The van der Waals surface area contributed by atoms with Gasteiger partial charge in [0.15, 0.2) is 0 Å². The molecule has 1 saturated carbocycles. The van der Waals surface area contributed by atoms with E-state index in [1.807, 2.05) is 20.8 Å². The molecule has 0 unspecified atom stereocenters. The predicted molar refractivity (Wildman–Crippen MR) is 74.5 cm³/mol. The van der Waals surface area contributed by atoms with E-state index in [-0.39, 0.29) is 23.9 Å². The Hall–Kier alpha value is -0.830. The van der Waals surface area contributed by atoms with E-state index < -0.39 is 5.41 Å². The Morgan fingerprint density at radius 3 is 2.58 bits per heavy atom. The quantitative estimate of drug-likeness (QED) is 0.631. The summed E-state index contributed by atoms with van der Waals surface area (Å²) in [7, 11) is 0. The van der Waals surface area contributed by atoms with E-state index in [0.29, 0.717) is 18.4 Å². The maximum Gasteiger partial charge on any atom is 0.311 e. The number of rotatable bonds is 3. The minimum Gasteiger partial charge on any atom is -0.461 e. The molecule has 3 nitrogen and oxygen atoms in total. The van der Waals surface area contributed by atoms with Crippen molar-refractivity contribution in [2.45, 2.75) is 41.0 Å². The second kappa shape index (κ2) is 4.62. The summed E-state index contributed by atoms with van der Waals surface area (Å²) in [6, 6.07) is 0. The van der Waals surface area contributed by atoms with Gasteiger partial charge in [0.2, 0.25) is 0 Å². The lowest BCUT2D eigenvalue weighted by atomic mass is 9.46. The summed E-state index contributed by atoms with van der Waals surface area (Å²) >= 11 is 0. The molecule has 3 rings (SSSR count). The van der Waals surface area contributed by atoms with E-state index in [2.05, 4.69) is 19.9 Å². The Labute approximate surface area is 116 Å². The molecule has 108 valence electrons. The molecular formula is C16H26O3. The van der Waals surface area contributed by atoms with Gasteiger partial charge >= 0.3 is 5.97 Å². The molecule has 2 bridgehead atoms. The first-order valence-corrected chi connectivity index (χ1v) is 7.16. The monoisotopic (exact) mass is 266 g/mol. The SMILES string of the molecule is CC(C)(C)C(=O)OCC1=C[C@@H](CO)[C@@H]2C[C@H]1C2(C)C. The van der Waals surface area contributed by atoms with E-state index in [1.165, 1.54) is 5.57 Å². The molecule has 0 aromatic rings. The summed E-state index contributed by atoms with van der Waals surface area (Å²) in [6.07, 6.45) is 3.26. The summed E-state index contributed by atoms with van der Waals surface area (Å²) in [5.74, 6) is 1.15. The van der Waals surface area contributed by atoms with Crippen molar-refractivity contribution in [3.8, 4) is 0 Å². The Kier molecular flexibility index (Phi) is 3.54. The third kappa shape index (κ3) is 2.45. The number of ether oxygens (including phenoxy) is 1. The maximum absolute atomic E-state index is 11.8. The lowest BCUT2D eigenvalue weighted by Crippen LogP contribution is -2.53. The standard InChI is InChI=1S/C16H26O3/c1-15(2,3)14(18)19-9-11-6-10(8-17)12-7-13(11)16(12,4)5/h6,10,12-13,17H,7-9H2,1-5H3/t10-,12-,13+/m0/s1. The largest absolute Gasteiger partial charge is 0.461 e. The smallest absolute Gasteiger partial charge is 0.311 e. The lowest BCUT2D eigenvalue weighted by molar-refractivity contribution is -0.153. The number of carbonyl (C=O) groups is 1. The van der Waals surface area contributed by atoms with Crippen LogP contribution >= 0.6 is 0 Å². The van der Waals surface area contributed by atoms with Gasteiger partial charge in [-0.05, 0) is 50.0 Å². The molecule has 0 spiro atoms. The summed E-state index contributed by atoms with van der Waals surface area (Å²) in [5, 5.41) is 9.49. The normalized spacial score (nSPS) is 32.3. The first kappa shape index (κ1) is 14.6. The van der Waals surface area contributed by atoms with Crippen LogP contribution in [0.4, 0.5) is 0 Å². The van der Waals surface area contributed by atoms with Gasteiger partial charge in [-0.15, -0.1) is 0 Å². The molecule has 0 saturated heterocycles. The van der Waals surface area contributed by atoms with Gasteiger partial charge in [0.05, 0.1) is 5.41 Å². The van der Waals surface area contributed by atoms with Crippen LogP contribution in [-0.4, -0.2) is 24.3 Å². The van der Waals surface area contributed by atoms with E-state index in [9.17, 15) is 9.90 Å². The van der Waals surface area contributed by atoms with Crippen LogP contribution in [0.25, 0.3) is 0 Å². The fraction of sp³-hybridized carbons (Fsp3) is 0.812. The predicted octanol–water partition coefficient (Wildman–Crippen LogP) is 2.79. The number of aliphatic hydroxyl groups excluding tert-OH is 1. The zero-order valence-corrected chi connectivity index (χ0v) is 12.7. The van der Waals surface area contributed by atoms with Crippen LogP contribution in [0.1, 0.15) is 41.0 Å². The average Bonchev–Trinajstić information content (AvgIpc) is 2.33. The molecule has 0 aromatic carbocycles. The summed E-state index contributed by atoms with van der Waals surface area (Å²) in [6.45, 7) is 10.7. The highest BCUT2D eigenvalue weighted by Gasteiger charge is 2.54. The molecule has 1 N–H and O–H groups in total. The van der Waals surface area contributed by atoms with Crippen LogP contribution in [0.15, 0.2) is 11.6 Å². The zero-order chi connectivity index (χ0) is 14.4. The van der Waals surface area contributed by atoms with Crippen molar-refractivity contribution in [1.82, 2.24) is 0 Å². The van der Waals surface area contributed by atoms with Crippen molar-refractivity contribution in [2.75, 3.05) is 13.2 Å². The molecule has 3 heteroatoms. The van der Waals surface area contributed by atoms with Gasteiger partial charge in [-0.2, -0.15) is 0 Å². The van der Waals surface area contributed by atoms with Crippen molar-refractivity contribution >= 4 is 5.97 Å². The molecular weight excluding hydrogens is 240 g/mol. The van der Waals surface area contributed by atoms with Crippen molar-refractivity contribution in [1.29, 1.82) is 0 Å². The molecule has 0 aliphatic heterocycles. The summed E-state index contributed by atoms with van der Waals surface area (Å²) in [4.78, 5) is 11.8. The average molecular weight is 266 g/mol. The van der Waals surface area contributed by atoms with Crippen molar-refractivity contribution in [3.63, 3.8) is 0 Å². The summed E-state index contributed by atoms with van der Waals surface area (Å²) in [5.41, 5.74) is 0.971. The van der Waals surface area contributed by atoms with Gasteiger partial charge in [0, 0.05) is 12.5 Å². The van der Waals surface area contributed by atoms with E-state index in [4.69, 9.17) is 4.74 Å². The first-order valence-electron chi connectivity index (χ1n) is 7.16. The Balaban J connectivity index is 2.05. The molecule has 1 fully saturated rings. The van der Waals surface area contributed by atoms with Crippen molar-refractivity contribution in [2.24, 2.45) is 28.6 Å². The number of hydrogen-bond acceptors (Lipinski definition) is 3. The summed E-state index contributed by atoms with van der Waals surface area (Å²) < 4.78 is 5.44. The van der Waals surface area contributed by atoms with Gasteiger partial charge in [-0.25, -0.2) is 0 Å². The molecule has 19 heavy (non-hydrogen) atoms. The topological polar surface area (TPSA) is 46.5 Å². The molecule has 0 aromatic heterocycles. The lowest BCUT2D eigenvalue weighted by Gasteiger charge is -2.59. The van der Waals surface area contributed by atoms with Gasteiger partial charge in [0.25, 0.3) is 0 Å². The fourth-order valence-corrected chi connectivity index (χ4v) is 3.52. The zero-order valence-electron chi connectivity index (χ0n) is 12.7. The van der Waals surface area contributed by atoms with Crippen LogP contribution < -0.4 is 0 Å². The second-order valence-electron chi connectivity index (χ2n) is 7.63. The Bertz CT molecular complexity index is 401. The molecule has 3 aliphatic carbocycles. The van der Waals surface area contributed by atoms with Crippen molar-refractivity contribution < 1.29 is 14.6 Å².